The maximum absolute atomic E-state index is 14.6. The van der Waals surface area contributed by atoms with Gasteiger partial charge in [-0.3, -0.25) is 4.79 Å². The first-order valence-electron chi connectivity index (χ1n) is 9.64. The number of nitrogens with zero attached hydrogens (tertiary/aromatic N) is 2. The van der Waals surface area contributed by atoms with Crippen LogP contribution in [0.1, 0.15) is 43.0 Å². The van der Waals surface area contributed by atoms with Gasteiger partial charge in [-0.15, -0.1) is 0 Å². The van der Waals surface area contributed by atoms with Crippen LogP contribution in [0.5, 0.6) is 0 Å². The summed E-state index contributed by atoms with van der Waals surface area (Å²) in [6.07, 6.45) is -1.49. The standard InChI is InChI=1S/C23H23F4N3O/c1-14-12-22(2,3)30(4)20-11-19(24)16(10-18(14)20)13-28-29-21(31)9-15-6-5-7-17(8-15)23(25,26)27/h5-8,10-13H,9H2,1-4H3,(H,29,31)/b28-13+. The Morgan fingerprint density at radius 1 is 1.23 bits per heavy atom. The van der Waals surface area contributed by atoms with E-state index in [9.17, 15) is 22.4 Å². The van der Waals surface area contributed by atoms with Crippen molar-refractivity contribution in [2.75, 3.05) is 11.9 Å². The van der Waals surface area contributed by atoms with Crippen molar-refractivity contribution in [3.8, 4) is 0 Å². The van der Waals surface area contributed by atoms with E-state index >= 15 is 0 Å². The van der Waals surface area contributed by atoms with Crippen molar-refractivity contribution in [2.24, 2.45) is 5.10 Å². The highest BCUT2D eigenvalue weighted by Gasteiger charge is 2.31. The lowest BCUT2D eigenvalue weighted by atomic mass is 9.88. The van der Waals surface area contributed by atoms with Crippen LogP contribution in [-0.2, 0) is 17.4 Å². The number of benzene rings is 2. The number of carbonyl (C=O) groups excluding carboxylic acids is 1. The Morgan fingerprint density at radius 3 is 2.61 bits per heavy atom. The zero-order valence-corrected chi connectivity index (χ0v) is 17.6. The topological polar surface area (TPSA) is 44.7 Å². The molecule has 2 aromatic rings. The SMILES string of the molecule is CC1=CC(C)(C)N(C)c2cc(F)c(/C=N/NC(=O)Cc3cccc(C(F)(F)F)c3)cc21. The van der Waals surface area contributed by atoms with Gasteiger partial charge in [0.2, 0.25) is 5.91 Å². The van der Waals surface area contributed by atoms with E-state index in [0.717, 1.165) is 29.0 Å². The molecule has 1 heterocycles. The molecule has 8 heteroatoms. The number of halogens is 4. The molecule has 0 aliphatic carbocycles. The van der Waals surface area contributed by atoms with Crippen LogP contribution in [0.4, 0.5) is 23.2 Å². The number of amides is 1. The molecule has 4 nitrogen and oxygen atoms in total. The van der Waals surface area contributed by atoms with Crippen molar-refractivity contribution in [1.82, 2.24) is 5.43 Å². The highest BCUT2D eigenvalue weighted by Crippen LogP contribution is 2.38. The van der Waals surface area contributed by atoms with Gasteiger partial charge < -0.3 is 4.90 Å². The summed E-state index contributed by atoms with van der Waals surface area (Å²) in [5.41, 5.74) is 4.17. The number of alkyl halides is 3. The van der Waals surface area contributed by atoms with Crippen LogP contribution >= 0.6 is 0 Å². The number of likely N-dealkylation sites (N-methyl/N-ethyl adjacent to an activating group) is 1. The molecule has 164 valence electrons. The van der Waals surface area contributed by atoms with Crippen molar-refractivity contribution in [3.05, 3.63) is 70.5 Å². The quantitative estimate of drug-likeness (QED) is 0.411. The van der Waals surface area contributed by atoms with E-state index < -0.39 is 23.5 Å². The minimum Gasteiger partial charge on any atom is -0.365 e. The van der Waals surface area contributed by atoms with E-state index in [0.29, 0.717) is 0 Å². The lowest BCUT2D eigenvalue weighted by Crippen LogP contribution is -2.42. The summed E-state index contributed by atoms with van der Waals surface area (Å²) in [6, 6.07) is 7.61. The fraction of sp³-hybridized carbons (Fsp3) is 0.304. The van der Waals surface area contributed by atoms with Gasteiger partial charge in [0.15, 0.2) is 0 Å². The molecule has 0 fully saturated rings. The van der Waals surface area contributed by atoms with Crippen LogP contribution in [-0.4, -0.2) is 24.7 Å². The molecule has 0 unspecified atom stereocenters. The van der Waals surface area contributed by atoms with Gasteiger partial charge in [0.25, 0.3) is 0 Å². The first-order valence-corrected chi connectivity index (χ1v) is 9.64. The summed E-state index contributed by atoms with van der Waals surface area (Å²) in [6.45, 7) is 6.02. The highest BCUT2D eigenvalue weighted by molar-refractivity contribution is 5.89. The average molecular weight is 433 g/mol. The summed E-state index contributed by atoms with van der Waals surface area (Å²) in [5.74, 6) is -1.10. The number of carbonyl (C=O) groups is 1. The molecule has 0 saturated carbocycles. The summed E-state index contributed by atoms with van der Waals surface area (Å²) < 4.78 is 52.9. The van der Waals surface area contributed by atoms with Crippen LogP contribution in [0, 0.1) is 5.82 Å². The molecule has 0 radical (unpaired) electrons. The normalized spacial score (nSPS) is 15.6. The van der Waals surface area contributed by atoms with E-state index in [1.807, 2.05) is 32.7 Å². The minimum atomic E-state index is -4.48. The Labute approximate surface area is 178 Å². The van der Waals surface area contributed by atoms with Gasteiger partial charge in [-0.1, -0.05) is 24.3 Å². The maximum atomic E-state index is 14.6. The molecule has 1 amide bonds. The Balaban J connectivity index is 1.72. The zero-order chi connectivity index (χ0) is 23.0. The second-order valence-corrected chi connectivity index (χ2v) is 8.10. The number of nitrogens with one attached hydrogen (secondary N) is 1. The molecule has 3 rings (SSSR count). The van der Waals surface area contributed by atoms with Gasteiger partial charge in [0, 0.05) is 23.9 Å². The van der Waals surface area contributed by atoms with E-state index in [-0.39, 0.29) is 23.1 Å². The fourth-order valence-corrected chi connectivity index (χ4v) is 3.54. The third-order valence-corrected chi connectivity index (χ3v) is 5.35. The molecule has 31 heavy (non-hydrogen) atoms. The number of allylic oxidation sites excluding steroid dienone is 1. The van der Waals surface area contributed by atoms with Crippen LogP contribution in [0.2, 0.25) is 0 Å². The highest BCUT2D eigenvalue weighted by atomic mass is 19.4. The second-order valence-electron chi connectivity index (χ2n) is 8.10. The number of hydrogen-bond donors (Lipinski definition) is 1. The number of hydrazone groups is 1. The molecule has 0 bridgehead atoms. The number of anilines is 1. The van der Waals surface area contributed by atoms with Crippen LogP contribution in [0.15, 0.2) is 47.6 Å². The number of hydrogen-bond acceptors (Lipinski definition) is 3. The van der Waals surface area contributed by atoms with E-state index in [4.69, 9.17) is 0 Å². The van der Waals surface area contributed by atoms with Crippen molar-refractivity contribution >= 4 is 23.4 Å². The summed E-state index contributed by atoms with van der Waals surface area (Å²) in [7, 11) is 1.89. The molecular weight excluding hydrogens is 410 g/mol. The first kappa shape index (κ1) is 22.5. The van der Waals surface area contributed by atoms with Crippen molar-refractivity contribution < 1.29 is 22.4 Å². The molecule has 1 aliphatic rings. The Bertz CT molecular complexity index is 1070. The molecule has 1 N–H and O–H groups in total. The van der Waals surface area contributed by atoms with Gasteiger partial charge >= 0.3 is 6.18 Å². The van der Waals surface area contributed by atoms with Gasteiger partial charge in [0.05, 0.1) is 23.7 Å². The number of rotatable bonds is 4. The zero-order valence-electron chi connectivity index (χ0n) is 17.6. The molecule has 2 aromatic carbocycles. The van der Waals surface area contributed by atoms with Crippen LogP contribution < -0.4 is 10.3 Å². The van der Waals surface area contributed by atoms with Crippen molar-refractivity contribution in [2.45, 2.75) is 38.9 Å². The summed E-state index contributed by atoms with van der Waals surface area (Å²) in [4.78, 5) is 14.0. The Morgan fingerprint density at radius 2 is 1.94 bits per heavy atom. The van der Waals surface area contributed by atoms with Crippen molar-refractivity contribution in [1.29, 1.82) is 0 Å². The fourth-order valence-electron chi connectivity index (χ4n) is 3.54. The average Bonchev–Trinajstić information content (AvgIpc) is 2.66. The third kappa shape index (κ3) is 4.95. The predicted octanol–water partition coefficient (Wildman–Crippen LogP) is 5.17. The second kappa shape index (κ2) is 8.17. The van der Waals surface area contributed by atoms with E-state index in [1.54, 1.807) is 6.07 Å². The van der Waals surface area contributed by atoms with E-state index in [1.165, 1.54) is 24.4 Å². The molecular formula is C23H23F4N3O. The lowest BCUT2D eigenvalue weighted by Gasteiger charge is -2.40. The maximum Gasteiger partial charge on any atom is 0.416 e. The summed E-state index contributed by atoms with van der Waals surface area (Å²) in [5, 5.41) is 3.77. The Hall–Kier alpha value is -3.16. The molecule has 0 spiro atoms. The van der Waals surface area contributed by atoms with Gasteiger partial charge in [-0.25, -0.2) is 9.82 Å². The first-order chi connectivity index (χ1) is 14.4. The van der Waals surface area contributed by atoms with E-state index in [2.05, 4.69) is 16.6 Å². The number of fused-ring (bicyclic) bond motifs is 1. The van der Waals surface area contributed by atoms with Crippen LogP contribution in [0.3, 0.4) is 0 Å². The minimum absolute atomic E-state index is 0.193. The lowest BCUT2D eigenvalue weighted by molar-refractivity contribution is -0.137. The summed E-state index contributed by atoms with van der Waals surface area (Å²) >= 11 is 0. The third-order valence-electron chi connectivity index (χ3n) is 5.35. The van der Waals surface area contributed by atoms with Gasteiger partial charge in [-0.2, -0.15) is 18.3 Å². The van der Waals surface area contributed by atoms with Crippen LogP contribution in [0.25, 0.3) is 5.57 Å². The van der Waals surface area contributed by atoms with Gasteiger partial charge in [0.1, 0.15) is 5.82 Å². The Kier molecular flexibility index (Phi) is 5.93. The van der Waals surface area contributed by atoms with Crippen molar-refractivity contribution in [3.63, 3.8) is 0 Å². The van der Waals surface area contributed by atoms with Gasteiger partial charge in [-0.05, 0) is 50.1 Å². The monoisotopic (exact) mass is 433 g/mol. The smallest absolute Gasteiger partial charge is 0.365 e. The molecule has 0 atom stereocenters. The molecule has 0 aromatic heterocycles. The largest absolute Gasteiger partial charge is 0.416 e. The predicted molar refractivity (Wildman–Crippen MR) is 113 cm³/mol. The molecule has 0 saturated heterocycles. The molecule has 1 aliphatic heterocycles.